The molecule has 0 spiro atoms. The molecule has 18 heteroatoms. The van der Waals surface area contributed by atoms with Gasteiger partial charge in [-0.1, -0.05) is 46.4 Å². The summed E-state index contributed by atoms with van der Waals surface area (Å²) < 4.78 is 98.7. The van der Waals surface area contributed by atoms with Crippen molar-refractivity contribution < 1.29 is 64.5 Å². The van der Waals surface area contributed by atoms with Gasteiger partial charge in [-0.15, -0.1) is 0 Å². The molecule has 0 atom stereocenters. The van der Waals surface area contributed by atoms with E-state index in [-0.39, 0.29) is 0 Å². The van der Waals surface area contributed by atoms with Gasteiger partial charge < -0.3 is 18.9 Å². The maximum atomic E-state index is 13.5. The van der Waals surface area contributed by atoms with Crippen LogP contribution < -0.4 is 9.47 Å². The van der Waals surface area contributed by atoms with Crippen LogP contribution in [0.15, 0.2) is 12.1 Å². The van der Waals surface area contributed by atoms with Crippen molar-refractivity contribution in [3.8, 4) is 11.5 Å². The van der Waals surface area contributed by atoms with Crippen LogP contribution in [0.1, 0.15) is 31.8 Å². The van der Waals surface area contributed by atoms with Crippen LogP contribution in [0, 0.1) is 0 Å². The topological polar surface area (TPSA) is 105 Å². The van der Waals surface area contributed by atoms with E-state index in [0.29, 0.717) is 26.4 Å². The van der Waals surface area contributed by atoms with Crippen LogP contribution >= 0.6 is 46.4 Å². The molecule has 0 aliphatic rings. The highest BCUT2D eigenvalue weighted by molar-refractivity contribution is 6.39. The summed E-state index contributed by atoms with van der Waals surface area (Å²) in [4.78, 5) is 48.9. The second-order valence-electron chi connectivity index (χ2n) is 6.60. The molecule has 0 aliphatic heterocycles. The zero-order chi connectivity index (χ0) is 29.3. The molecule has 2 rings (SSSR count). The molecule has 2 aromatic carbocycles. The number of hydrogen-bond donors (Lipinski definition) is 0. The van der Waals surface area contributed by atoms with Crippen molar-refractivity contribution in [3.05, 3.63) is 54.5 Å². The molecule has 0 radical (unpaired) electrons. The third kappa shape index (κ3) is 6.37. The quantitative estimate of drug-likeness (QED) is 0.165. The lowest BCUT2D eigenvalue weighted by Crippen LogP contribution is -2.28. The lowest BCUT2D eigenvalue weighted by atomic mass is 10.1. The lowest BCUT2D eigenvalue weighted by molar-refractivity contribution is -0.156. The normalized spacial score (nSPS) is 11.6. The number of methoxy groups -OCH3 is 2. The van der Waals surface area contributed by atoms with E-state index in [1.54, 1.807) is 0 Å². The largest absolute Gasteiger partial charge is 0.465 e. The number of esters is 4. The van der Waals surface area contributed by atoms with Gasteiger partial charge in [-0.05, 0) is 12.1 Å². The van der Waals surface area contributed by atoms with Crippen molar-refractivity contribution in [2.24, 2.45) is 0 Å². The first-order chi connectivity index (χ1) is 17.4. The Balaban J connectivity index is 2.63. The number of carbonyl (C=O) groups excluding carboxylic acids is 4. The number of alkyl halides is 6. The van der Waals surface area contributed by atoms with Gasteiger partial charge in [0.05, 0.1) is 45.4 Å². The third-order valence-electron chi connectivity index (χ3n) is 4.27. The summed E-state index contributed by atoms with van der Waals surface area (Å²) in [6.45, 7) is 0. The van der Waals surface area contributed by atoms with Crippen molar-refractivity contribution in [1.82, 2.24) is 0 Å². The van der Waals surface area contributed by atoms with E-state index in [4.69, 9.17) is 46.4 Å². The Morgan fingerprint density at radius 2 is 0.895 bits per heavy atom. The zero-order valence-corrected chi connectivity index (χ0v) is 21.2. The zero-order valence-electron chi connectivity index (χ0n) is 18.2. The van der Waals surface area contributed by atoms with Gasteiger partial charge >= 0.3 is 36.2 Å². The number of hydrogen-bond acceptors (Lipinski definition) is 8. The Hall–Kier alpha value is -2.94. The van der Waals surface area contributed by atoms with Crippen LogP contribution in [0.5, 0.6) is 11.5 Å². The van der Waals surface area contributed by atoms with E-state index in [1.807, 2.05) is 0 Å². The number of rotatable bonds is 4. The Morgan fingerprint density at radius 1 is 0.605 bits per heavy atom. The Labute approximate surface area is 227 Å². The average Bonchev–Trinajstić information content (AvgIpc) is 2.78. The second kappa shape index (κ2) is 11.4. The molecule has 0 N–H and O–H groups in total. The van der Waals surface area contributed by atoms with Crippen LogP contribution in [0.25, 0.3) is 0 Å². The molecule has 0 unspecified atom stereocenters. The van der Waals surface area contributed by atoms with E-state index in [1.165, 1.54) is 0 Å². The molecular weight excluding hydrogens is 624 g/mol. The van der Waals surface area contributed by atoms with Crippen molar-refractivity contribution >= 4 is 70.3 Å². The molecule has 0 aliphatic carbocycles. The SMILES string of the molecule is COC(=O)c1c(OC(=O)C(=O)Oc2c(Cl)cc(Cl)c(C(F)(F)F)c2C(=O)OC)c(Cl)cc(Cl)c1C(F)(F)F. The van der Waals surface area contributed by atoms with Gasteiger partial charge in [0.15, 0.2) is 11.5 Å². The molecule has 0 amide bonds. The number of carbonyl (C=O) groups is 4. The highest BCUT2D eigenvalue weighted by atomic mass is 35.5. The van der Waals surface area contributed by atoms with Crippen molar-refractivity contribution in [1.29, 1.82) is 0 Å². The van der Waals surface area contributed by atoms with Crippen molar-refractivity contribution in [2.45, 2.75) is 12.4 Å². The molecule has 0 aromatic heterocycles. The van der Waals surface area contributed by atoms with E-state index in [0.717, 1.165) is 0 Å². The van der Waals surface area contributed by atoms with Gasteiger partial charge in [0.1, 0.15) is 11.1 Å². The molecule has 0 bridgehead atoms. The maximum absolute atomic E-state index is 13.5. The highest BCUT2D eigenvalue weighted by Crippen LogP contribution is 2.46. The predicted octanol–water partition coefficient (Wildman–Crippen LogP) is 6.42. The summed E-state index contributed by atoms with van der Waals surface area (Å²) in [6, 6.07) is 0.848. The Kier molecular flexibility index (Phi) is 9.41. The van der Waals surface area contributed by atoms with Crippen LogP contribution in [0.2, 0.25) is 20.1 Å². The van der Waals surface area contributed by atoms with E-state index in [2.05, 4.69) is 18.9 Å². The van der Waals surface area contributed by atoms with Gasteiger partial charge in [0.2, 0.25) is 0 Å². The first kappa shape index (κ1) is 31.3. The standard InChI is InChI=1S/C20H8Cl4F6O8/c1-35-15(31)9-11(19(25,26)27)5(21)3-7(23)13(9)37-17(33)18(34)38-14-8(24)4-6(22)12(20(28,29)30)10(14)16(32)36-2/h3-4H,1-2H3. The molecule has 0 heterocycles. The van der Waals surface area contributed by atoms with Crippen LogP contribution in [0.4, 0.5) is 26.3 Å². The molecule has 206 valence electrons. The summed E-state index contributed by atoms with van der Waals surface area (Å²) >= 11 is 22.6. The highest BCUT2D eigenvalue weighted by Gasteiger charge is 2.44. The summed E-state index contributed by atoms with van der Waals surface area (Å²) in [5, 5.41) is -3.99. The summed E-state index contributed by atoms with van der Waals surface area (Å²) in [7, 11) is 1.32. The lowest BCUT2D eigenvalue weighted by Gasteiger charge is -2.19. The van der Waals surface area contributed by atoms with Crippen molar-refractivity contribution in [2.75, 3.05) is 14.2 Å². The third-order valence-corrected chi connectivity index (χ3v) is 5.43. The van der Waals surface area contributed by atoms with E-state index in [9.17, 15) is 45.5 Å². The second-order valence-corrected chi connectivity index (χ2v) is 8.23. The van der Waals surface area contributed by atoms with E-state index >= 15 is 0 Å². The van der Waals surface area contributed by atoms with Crippen molar-refractivity contribution in [3.63, 3.8) is 0 Å². The first-order valence-electron chi connectivity index (χ1n) is 9.15. The number of benzene rings is 2. The number of halogens is 10. The van der Waals surface area contributed by atoms with Gasteiger partial charge in [0.25, 0.3) is 0 Å². The Bertz CT molecular complexity index is 1240. The summed E-state index contributed by atoms with van der Waals surface area (Å²) in [5.74, 6) is -10.7. The monoisotopic (exact) mass is 630 g/mol. The maximum Gasteiger partial charge on any atom is 0.423 e. The molecule has 0 saturated carbocycles. The van der Waals surface area contributed by atoms with Gasteiger partial charge in [0, 0.05) is 0 Å². The Morgan fingerprint density at radius 3 is 1.13 bits per heavy atom. The predicted molar refractivity (Wildman–Crippen MR) is 117 cm³/mol. The molecular formula is C20H8Cl4F6O8. The average molecular weight is 632 g/mol. The molecule has 2 aromatic rings. The van der Waals surface area contributed by atoms with Gasteiger partial charge in [-0.25, -0.2) is 19.2 Å². The fraction of sp³-hybridized carbons (Fsp3) is 0.200. The van der Waals surface area contributed by atoms with E-state index < -0.39 is 90.1 Å². The van der Waals surface area contributed by atoms with Crippen LogP contribution in [-0.4, -0.2) is 38.1 Å². The van der Waals surface area contributed by atoms with Crippen LogP contribution in [-0.2, 0) is 31.4 Å². The number of ether oxygens (including phenoxy) is 4. The van der Waals surface area contributed by atoms with Crippen LogP contribution in [0.3, 0.4) is 0 Å². The fourth-order valence-corrected chi connectivity index (χ4v) is 4.04. The smallest absolute Gasteiger partial charge is 0.423 e. The minimum Gasteiger partial charge on any atom is -0.465 e. The minimum absolute atomic E-state index is 0.424. The summed E-state index contributed by atoms with van der Waals surface area (Å²) in [6.07, 6.45) is -10.7. The summed E-state index contributed by atoms with van der Waals surface area (Å²) in [5.41, 5.74) is -6.74. The molecule has 8 nitrogen and oxygen atoms in total. The molecule has 0 fully saturated rings. The van der Waals surface area contributed by atoms with Gasteiger partial charge in [-0.2, -0.15) is 26.3 Å². The molecule has 38 heavy (non-hydrogen) atoms. The first-order valence-corrected chi connectivity index (χ1v) is 10.7. The minimum atomic E-state index is -5.33. The molecule has 0 saturated heterocycles. The fourth-order valence-electron chi connectivity index (χ4n) is 2.82. The van der Waals surface area contributed by atoms with Gasteiger partial charge in [-0.3, -0.25) is 0 Å².